The average molecular weight is 238 g/mol. The SMILES string of the molecule is C/C=C/C=C/C(CCCCCCC)OC(C)=O. The van der Waals surface area contributed by atoms with E-state index in [1.807, 2.05) is 31.2 Å². The Balaban J connectivity index is 3.88. The standard InChI is InChI=1S/C15H26O2/c1-4-6-8-9-11-13-15(17-14(3)16)12-10-7-5-2/h5,7,10,12,15H,4,6,8-9,11,13H2,1-3H3/b7-5+,12-10+. The molecule has 2 nitrogen and oxygen atoms in total. The molecule has 0 spiro atoms. The number of esters is 1. The van der Waals surface area contributed by atoms with E-state index >= 15 is 0 Å². The fraction of sp³-hybridized carbons (Fsp3) is 0.667. The van der Waals surface area contributed by atoms with E-state index in [2.05, 4.69) is 6.92 Å². The zero-order valence-electron chi connectivity index (χ0n) is 11.4. The Morgan fingerprint density at radius 3 is 2.47 bits per heavy atom. The van der Waals surface area contributed by atoms with Crippen molar-refractivity contribution >= 4 is 5.97 Å². The van der Waals surface area contributed by atoms with Crippen molar-refractivity contribution in [1.29, 1.82) is 0 Å². The second-order valence-electron chi connectivity index (χ2n) is 4.26. The molecule has 98 valence electrons. The predicted octanol–water partition coefficient (Wildman–Crippen LogP) is 4.41. The minimum absolute atomic E-state index is 0.0645. The van der Waals surface area contributed by atoms with Crippen LogP contribution in [0.4, 0.5) is 0 Å². The number of carbonyl (C=O) groups is 1. The van der Waals surface area contributed by atoms with Crippen molar-refractivity contribution in [2.75, 3.05) is 0 Å². The molecular weight excluding hydrogens is 212 g/mol. The third kappa shape index (κ3) is 11.2. The molecule has 0 aromatic carbocycles. The van der Waals surface area contributed by atoms with Crippen molar-refractivity contribution in [3.8, 4) is 0 Å². The summed E-state index contributed by atoms with van der Waals surface area (Å²) in [6, 6.07) is 0. The molecule has 0 bridgehead atoms. The largest absolute Gasteiger partial charge is 0.458 e. The van der Waals surface area contributed by atoms with Crippen LogP contribution in [0, 0.1) is 0 Å². The highest BCUT2D eigenvalue weighted by Crippen LogP contribution is 2.11. The molecule has 2 heteroatoms. The molecule has 0 N–H and O–H groups in total. The molecular formula is C15H26O2. The van der Waals surface area contributed by atoms with Gasteiger partial charge in [-0.3, -0.25) is 4.79 Å². The van der Waals surface area contributed by atoms with E-state index in [9.17, 15) is 4.79 Å². The first-order valence-corrected chi connectivity index (χ1v) is 6.67. The van der Waals surface area contributed by atoms with Crippen LogP contribution >= 0.6 is 0 Å². The van der Waals surface area contributed by atoms with E-state index < -0.39 is 0 Å². The number of rotatable bonds is 9. The highest BCUT2D eigenvalue weighted by molar-refractivity contribution is 5.66. The Kier molecular flexibility index (Phi) is 10.7. The van der Waals surface area contributed by atoms with Crippen LogP contribution in [0.25, 0.3) is 0 Å². The minimum atomic E-state index is -0.200. The van der Waals surface area contributed by atoms with Crippen LogP contribution in [0.2, 0.25) is 0 Å². The van der Waals surface area contributed by atoms with Crippen molar-refractivity contribution in [2.24, 2.45) is 0 Å². The van der Waals surface area contributed by atoms with E-state index in [0.717, 1.165) is 12.8 Å². The lowest BCUT2D eigenvalue weighted by atomic mass is 10.1. The smallest absolute Gasteiger partial charge is 0.303 e. The number of hydrogen-bond acceptors (Lipinski definition) is 2. The first-order valence-electron chi connectivity index (χ1n) is 6.67. The van der Waals surface area contributed by atoms with Gasteiger partial charge in [0.2, 0.25) is 0 Å². The molecule has 0 radical (unpaired) electrons. The van der Waals surface area contributed by atoms with E-state index in [-0.39, 0.29) is 12.1 Å². The molecule has 0 aliphatic rings. The average Bonchev–Trinajstić information content (AvgIpc) is 2.28. The van der Waals surface area contributed by atoms with Crippen LogP contribution < -0.4 is 0 Å². The van der Waals surface area contributed by atoms with Crippen LogP contribution in [0.15, 0.2) is 24.3 Å². The van der Waals surface area contributed by atoms with Gasteiger partial charge >= 0.3 is 5.97 Å². The number of ether oxygens (including phenoxy) is 1. The van der Waals surface area contributed by atoms with Crippen molar-refractivity contribution in [1.82, 2.24) is 0 Å². The molecule has 0 rings (SSSR count). The third-order valence-corrected chi connectivity index (χ3v) is 2.54. The zero-order valence-corrected chi connectivity index (χ0v) is 11.4. The maximum atomic E-state index is 10.9. The third-order valence-electron chi connectivity index (χ3n) is 2.54. The molecule has 0 aliphatic carbocycles. The number of unbranched alkanes of at least 4 members (excludes halogenated alkanes) is 4. The highest BCUT2D eigenvalue weighted by Gasteiger charge is 2.07. The first kappa shape index (κ1) is 16.0. The molecule has 0 heterocycles. The summed E-state index contributed by atoms with van der Waals surface area (Å²) in [5.74, 6) is -0.200. The summed E-state index contributed by atoms with van der Waals surface area (Å²) in [5.41, 5.74) is 0. The van der Waals surface area contributed by atoms with E-state index in [1.165, 1.54) is 32.6 Å². The molecule has 0 aliphatic heterocycles. The summed E-state index contributed by atoms with van der Waals surface area (Å²) < 4.78 is 5.24. The molecule has 1 atom stereocenters. The van der Waals surface area contributed by atoms with Crippen LogP contribution in [-0.2, 0) is 9.53 Å². The van der Waals surface area contributed by atoms with E-state index in [1.54, 1.807) is 0 Å². The maximum absolute atomic E-state index is 10.9. The lowest BCUT2D eigenvalue weighted by molar-refractivity contribution is -0.144. The molecule has 0 saturated carbocycles. The van der Waals surface area contributed by atoms with Gasteiger partial charge in [0.05, 0.1) is 0 Å². The summed E-state index contributed by atoms with van der Waals surface area (Å²) in [5, 5.41) is 0. The van der Waals surface area contributed by atoms with Gasteiger partial charge in [0.15, 0.2) is 0 Å². The molecule has 0 saturated heterocycles. The number of allylic oxidation sites excluding steroid dienone is 3. The van der Waals surface area contributed by atoms with Gasteiger partial charge in [-0.2, -0.15) is 0 Å². The van der Waals surface area contributed by atoms with Crippen molar-refractivity contribution in [3.05, 3.63) is 24.3 Å². The monoisotopic (exact) mass is 238 g/mol. The summed E-state index contributed by atoms with van der Waals surface area (Å²) in [4.78, 5) is 10.9. The summed E-state index contributed by atoms with van der Waals surface area (Å²) in [6.45, 7) is 5.64. The van der Waals surface area contributed by atoms with Crippen LogP contribution in [0.3, 0.4) is 0 Å². The molecule has 0 amide bonds. The number of carbonyl (C=O) groups excluding carboxylic acids is 1. The van der Waals surface area contributed by atoms with Gasteiger partial charge in [-0.15, -0.1) is 0 Å². The van der Waals surface area contributed by atoms with Gasteiger partial charge in [0.1, 0.15) is 6.10 Å². The molecule has 0 aromatic heterocycles. The first-order chi connectivity index (χ1) is 8.20. The normalized spacial score (nSPS) is 13.4. The number of hydrogen-bond donors (Lipinski definition) is 0. The molecule has 17 heavy (non-hydrogen) atoms. The second-order valence-corrected chi connectivity index (χ2v) is 4.26. The topological polar surface area (TPSA) is 26.3 Å². The van der Waals surface area contributed by atoms with Crippen molar-refractivity contribution in [3.63, 3.8) is 0 Å². The van der Waals surface area contributed by atoms with E-state index in [0.29, 0.717) is 0 Å². The Labute approximate surface area is 106 Å². The van der Waals surface area contributed by atoms with Gasteiger partial charge in [-0.1, -0.05) is 50.8 Å². The maximum Gasteiger partial charge on any atom is 0.303 e. The quantitative estimate of drug-likeness (QED) is 0.338. The molecule has 1 unspecified atom stereocenters. The summed E-state index contributed by atoms with van der Waals surface area (Å²) in [6.07, 6.45) is 14.9. The van der Waals surface area contributed by atoms with Gasteiger partial charge < -0.3 is 4.74 Å². The fourth-order valence-corrected chi connectivity index (χ4v) is 1.66. The van der Waals surface area contributed by atoms with Crippen LogP contribution in [-0.4, -0.2) is 12.1 Å². The Morgan fingerprint density at radius 2 is 1.88 bits per heavy atom. The Hall–Kier alpha value is -1.05. The second kappa shape index (κ2) is 11.4. The molecule has 0 aromatic rings. The van der Waals surface area contributed by atoms with Gasteiger partial charge in [0.25, 0.3) is 0 Å². The lowest BCUT2D eigenvalue weighted by Crippen LogP contribution is -2.13. The molecule has 0 fully saturated rings. The van der Waals surface area contributed by atoms with Gasteiger partial charge in [-0.25, -0.2) is 0 Å². The Morgan fingerprint density at radius 1 is 1.18 bits per heavy atom. The van der Waals surface area contributed by atoms with Crippen LogP contribution in [0.1, 0.15) is 59.3 Å². The predicted molar refractivity (Wildman–Crippen MR) is 72.9 cm³/mol. The fourth-order valence-electron chi connectivity index (χ4n) is 1.66. The summed E-state index contributed by atoms with van der Waals surface area (Å²) >= 11 is 0. The van der Waals surface area contributed by atoms with E-state index in [4.69, 9.17) is 4.74 Å². The van der Waals surface area contributed by atoms with Crippen molar-refractivity contribution < 1.29 is 9.53 Å². The lowest BCUT2D eigenvalue weighted by Gasteiger charge is -2.12. The Bertz CT molecular complexity index is 241. The van der Waals surface area contributed by atoms with Gasteiger partial charge in [-0.05, 0) is 25.8 Å². The highest BCUT2D eigenvalue weighted by atomic mass is 16.5. The zero-order chi connectivity index (χ0) is 12.9. The van der Waals surface area contributed by atoms with Crippen molar-refractivity contribution in [2.45, 2.75) is 65.4 Å². The van der Waals surface area contributed by atoms with Gasteiger partial charge in [0, 0.05) is 6.92 Å². The minimum Gasteiger partial charge on any atom is -0.458 e. The van der Waals surface area contributed by atoms with Crippen LogP contribution in [0.5, 0.6) is 0 Å². The summed E-state index contributed by atoms with van der Waals surface area (Å²) in [7, 11) is 0.